The summed E-state index contributed by atoms with van der Waals surface area (Å²) >= 11 is 0. The first-order valence-corrected chi connectivity index (χ1v) is 11.2. The van der Waals surface area contributed by atoms with Crippen LogP contribution in [0.25, 0.3) is 0 Å². The molecule has 4 rings (SSSR count). The number of benzene rings is 1. The van der Waals surface area contributed by atoms with Crippen molar-refractivity contribution in [3.05, 3.63) is 53.5 Å². The minimum atomic E-state index is -3.26. The number of carbonyl (C=O) groups is 1. The lowest BCUT2D eigenvalue weighted by molar-refractivity contribution is 0.0644. The van der Waals surface area contributed by atoms with Gasteiger partial charge in [-0.15, -0.1) is 0 Å². The summed E-state index contributed by atoms with van der Waals surface area (Å²) in [5.74, 6) is 0.620. The molecule has 0 radical (unpaired) electrons. The molecule has 2 aliphatic rings. The zero-order valence-electron chi connectivity index (χ0n) is 16.0. The van der Waals surface area contributed by atoms with Gasteiger partial charge in [-0.05, 0) is 43.5 Å². The molecule has 1 aromatic carbocycles. The van der Waals surface area contributed by atoms with Crippen molar-refractivity contribution >= 4 is 15.9 Å². The topological polar surface area (TPSA) is 80.1 Å². The molecule has 0 N–H and O–H groups in total. The van der Waals surface area contributed by atoms with Crippen molar-refractivity contribution in [3.63, 3.8) is 0 Å². The van der Waals surface area contributed by atoms with E-state index in [1.807, 2.05) is 25.1 Å². The minimum Gasteiger partial charge on any atom is -0.491 e. The lowest BCUT2D eigenvalue weighted by Gasteiger charge is -2.26. The molecule has 0 bridgehead atoms. The molecule has 2 heterocycles. The van der Waals surface area contributed by atoms with Gasteiger partial charge in [0.05, 0.1) is 30.7 Å². The number of hydrogen-bond acceptors (Lipinski definition) is 5. The third-order valence-electron chi connectivity index (χ3n) is 5.23. The Labute approximate surface area is 164 Å². The number of nitrogens with zero attached hydrogens (tertiary/aromatic N) is 2. The maximum Gasteiger partial charge on any atom is 0.257 e. The van der Waals surface area contributed by atoms with Crippen molar-refractivity contribution in [3.8, 4) is 5.75 Å². The quantitative estimate of drug-likeness (QED) is 0.765. The number of furan rings is 1. The second kappa shape index (κ2) is 7.25. The molecule has 1 aliphatic heterocycles. The Morgan fingerprint density at radius 3 is 2.71 bits per heavy atom. The van der Waals surface area contributed by atoms with Crippen LogP contribution in [0.4, 0.5) is 0 Å². The van der Waals surface area contributed by atoms with Crippen LogP contribution in [0.3, 0.4) is 0 Å². The highest BCUT2D eigenvalue weighted by Crippen LogP contribution is 2.32. The molecule has 28 heavy (non-hydrogen) atoms. The second-order valence-corrected chi connectivity index (χ2v) is 9.52. The average molecular weight is 404 g/mol. The molecule has 1 aromatic heterocycles. The summed E-state index contributed by atoms with van der Waals surface area (Å²) in [4.78, 5) is 14.6. The van der Waals surface area contributed by atoms with Gasteiger partial charge in [0.25, 0.3) is 5.91 Å². The van der Waals surface area contributed by atoms with Crippen LogP contribution in [-0.4, -0.2) is 48.5 Å². The van der Waals surface area contributed by atoms with Gasteiger partial charge in [-0.25, -0.2) is 8.42 Å². The van der Waals surface area contributed by atoms with Gasteiger partial charge in [-0.3, -0.25) is 4.79 Å². The van der Waals surface area contributed by atoms with Crippen molar-refractivity contribution < 1.29 is 22.4 Å². The van der Waals surface area contributed by atoms with Crippen LogP contribution >= 0.6 is 0 Å². The smallest absolute Gasteiger partial charge is 0.257 e. The SMILES string of the molecule is CC1COc2ccc(CN(C3CC3)S(C)(=O)=O)cc2CN1C(=O)c1ccoc1. The summed E-state index contributed by atoms with van der Waals surface area (Å²) in [5.41, 5.74) is 2.27. The zero-order valence-corrected chi connectivity index (χ0v) is 16.8. The first-order valence-electron chi connectivity index (χ1n) is 9.37. The van der Waals surface area contributed by atoms with Gasteiger partial charge in [0, 0.05) is 18.2 Å². The van der Waals surface area contributed by atoms with Gasteiger partial charge in [-0.2, -0.15) is 4.31 Å². The first kappa shape index (κ1) is 19.0. The molecule has 1 aliphatic carbocycles. The first-order chi connectivity index (χ1) is 13.3. The molecule has 150 valence electrons. The van der Waals surface area contributed by atoms with Crippen LogP contribution in [0, 0.1) is 0 Å². The molecule has 1 atom stereocenters. The van der Waals surface area contributed by atoms with Crippen LogP contribution < -0.4 is 4.74 Å². The second-order valence-electron chi connectivity index (χ2n) is 7.59. The number of hydrogen-bond donors (Lipinski definition) is 0. The third kappa shape index (κ3) is 3.93. The molecule has 0 saturated heterocycles. The van der Waals surface area contributed by atoms with Gasteiger partial charge in [0.15, 0.2) is 0 Å². The van der Waals surface area contributed by atoms with Crippen LogP contribution in [0.1, 0.15) is 41.3 Å². The predicted octanol–water partition coefficient (Wildman–Crippen LogP) is 2.63. The van der Waals surface area contributed by atoms with Gasteiger partial charge in [0.1, 0.15) is 18.6 Å². The fourth-order valence-electron chi connectivity index (χ4n) is 3.52. The zero-order chi connectivity index (χ0) is 19.9. The molecule has 1 amide bonds. The number of rotatable bonds is 5. The normalized spacial score (nSPS) is 19.8. The Morgan fingerprint density at radius 1 is 1.29 bits per heavy atom. The van der Waals surface area contributed by atoms with Crippen LogP contribution in [0.2, 0.25) is 0 Å². The van der Waals surface area contributed by atoms with Gasteiger partial charge in [0.2, 0.25) is 10.0 Å². The average Bonchev–Trinajstić information content (AvgIpc) is 3.36. The molecule has 2 aromatic rings. The Hall–Kier alpha value is -2.32. The highest BCUT2D eigenvalue weighted by molar-refractivity contribution is 7.88. The number of amides is 1. The fraction of sp³-hybridized carbons (Fsp3) is 0.450. The van der Waals surface area contributed by atoms with Gasteiger partial charge in [-0.1, -0.05) is 6.07 Å². The van der Waals surface area contributed by atoms with Crippen LogP contribution in [-0.2, 0) is 23.1 Å². The summed E-state index contributed by atoms with van der Waals surface area (Å²) in [7, 11) is -3.26. The molecule has 1 unspecified atom stereocenters. The van der Waals surface area contributed by atoms with E-state index in [2.05, 4.69) is 0 Å². The Morgan fingerprint density at radius 2 is 2.07 bits per heavy atom. The molecule has 1 saturated carbocycles. The van der Waals surface area contributed by atoms with E-state index >= 15 is 0 Å². The van der Waals surface area contributed by atoms with E-state index in [9.17, 15) is 13.2 Å². The number of sulfonamides is 1. The minimum absolute atomic E-state index is 0.0998. The van der Waals surface area contributed by atoms with Crippen molar-refractivity contribution in [1.29, 1.82) is 0 Å². The Bertz CT molecular complexity index is 966. The fourth-order valence-corrected chi connectivity index (χ4v) is 4.65. The molecular formula is C20H24N2O5S. The molecule has 1 fully saturated rings. The van der Waals surface area contributed by atoms with E-state index in [4.69, 9.17) is 9.15 Å². The standard InChI is InChI=1S/C20H24N2O5S/c1-14-12-27-19-6-3-15(10-22(18-4-5-18)28(2,24)25)9-17(19)11-21(14)20(23)16-7-8-26-13-16/h3,6-9,13-14,18H,4-5,10-12H2,1-2H3. The lowest BCUT2D eigenvalue weighted by Crippen LogP contribution is -2.39. The van der Waals surface area contributed by atoms with E-state index in [1.165, 1.54) is 18.8 Å². The Balaban J connectivity index is 1.59. The van der Waals surface area contributed by atoms with Crippen molar-refractivity contribution in [2.24, 2.45) is 0 Å². The molecule has 8 heteroatoms. The summed E-state index contributed by atoms with van der Waals surface area (Å²) < 4.78 is 36.7. The van der Waals surface area contributed by atoms with E-state index in [0.717, 1.165) is 29.7 Å². The monoisotopic (exact) mass is 404 g/mol. The number of fused-ring (bicyclic) bond motifs is 1. The third-order valence-corrected chi connectivity index (χ3v) is 6.50. The van der Waals surface area contributed by atoms with E-state index in [0.29, 0.717) is 25.3 Å². The molecule has 0 spiro atoms. The molecule has 7 nitrogen and oxygen atoms in total. The highest BCUT2D eigenvalue weighted by Gasteiger charge is 2.35. The maximum atomic E-state index is 12.8. The van der Waals surface area contributed by atoms with Crippen LogP contribution in [0.15, 0.2) is 41.2 Å². The summed E-state index contributed by atoms with van der Waals surface area (Å²) in [6.07, 6.45) is 6.00. The summed E-state index contributed by atoms with van der Waals surface area (Å²) in [5, 5.41) is 0. The van der Waals surface area contributed by atoms with E-state index in [-0.39, 0.29) is 18.0 Å². The van der Waals surface area contributed by atoms with Crippen molar-refractivity contribution in [2.45, 2.75) is 44.9 Å². The van der Waals surface area contributed by atoms with Gasteiger partial charge < -0.3 is 14.1 Å². The molecular weight excluding hydrogens is 380 g/mol. The van der Waals surface area contributed by atoms with Crippen molar-refractivity contribution in [2.75, 3.05) is 12.9 Å². The number of carbonyl (C=O) groups excluding carboxylic acids is 1. The predicted molar refractivity (Wildman–Crippen MR) is 103 cm³/mol. The largest absolute Gasteiger partial charge is 0.491 e. The maximum absolute atomic E-state index is 12.8. The van der Waals surface area contributed by atoms with Gasteiger partial charge >= 0.3 is 0 Å². The summed E-state index contributed by atoms with van der Waals surface area (Å²) in [6.45, 7) is 3.08. The van der Waals surface area contributed by atoms with E-state index in [1.54, 1.807) is 15.3 Å². The summed E-state index contributed by atoms with van der Waals surface area (Å²) in [6, 6.07) is 7.37. The Kier molecular flexibility index (Phi) is 4.93. The highest BCUT2D eigenvalue weighted by atomic mass is 32.2. The van der Waals surface area contributed by atoms with Crippen LogP contribution in [0.5, 0.6) is 5.75 Å². The van der Waals surface area contributed by atoms with E-state index < -0.39 is 10.0 Å². The number of ether oxygens (including phenoxy) is 1. The lowest BCUT2D eigenvalue weighted by atomic mass is 10.1. The van der Waals surface area contributed by atoms with Crippen molar-refractivity contribution in [1.82, 2.24) is 9.21 Å².